The third-order valence-electron chi connectivity index (χ3n) is 4.31. The lowest BCUT2D eigenvalue weighted by Gasteiger charge is -2.14. The molecule has 0 spiro atoms. The second-order valence-electron chi connectivity index (χ2n) is 6.86. The van der Waals surface area contributed by atoms with E-state index in [0.29, 0.717) is 23.8 Å². The molecule has 3 rings (SSSR count). The fraction of sp³-hybridized carbons (Fsp3) is 0.286. The highest BCUT2D eigenvalue weighted by Gasteiger charge is 2.37. The van der Waals surface area contributed by atoms with Crippen molar-refractivity contribution in [3.05, 3.63) is 64.7 Å². The molecule has 0 atom stereocenters. The second-order valence-corrected chi connectivity index (χ2v) is 6.86. The third kappa shape index (κ3) is 3.38. The van der Waals surface area contributed by atoms with E-state index in [4.69, 9.17) is 4.74 Å². The smallest absolute Gasteiger partial charge is 0.338 e. The van der Waals surface area contributed by atoms with Gasteiger partial charge in [-0.1, -0.05) is 26.0 Å². The van der Waals surface area contributed by atoms with Crippen LogP contribution in [0, 0.1) is 12.8 Å². The van der Waals surface area contributed by atoms with Gasteiger partial charge in [-0.3, -0.25) is 9.59 Å². The Kier molecular flexibility index (Phi) is 4.89. The van der Waals surface area contributed by atoms with Crippen LogP contribution in [0.25, 0.3) is 0 Å². The molecule has 26 heavy (non-hydrogen) atoms. The summed E-state index contributed by atoms with van der Waals surface area (Å²) in [5.74, 6) is -0.852. The zero-order valence-electron chi connectivity index (χ0n) is 15.1. The van der Waals surface area contributed by atoms with Crippen molar-refractivity contribution >= 4 is 23.5 Å². The van der Waals surface area contributed by atoms with E-state index in [-0.39, 0.29) is 17.0 Å². The monoisotopic (exact) mass is 351 g/mol. The maximum absolute atomic E-state index is 12.8. The van der Waals surface area contributed by atoms with Crippen molar-refractivity contribution < 1.29 is 19.1 Å². The highest BCUT2D eigenvalue weighted by atomic mass is 16.5. The van der Waals surface area contributed by atoms with E-state index in [1.54, 1.807) is 18.2 Å². The Morgan fingerprint density at radius 3 is 2.46 bits per heavy atom. The minimum atomic E-state index is -0.484. The van der Waals surface area contributed by atoms with Crippen LogP contribution in [0.4, 0.5) is 5.69 Å². The lowest BCUT2D eigenvalue weighted by atomic mass is 10.1. The molecule has 0 saturated heterocycles. The van der Waals surface area contributed by atoms with Crippen molar-refractivity contribution in [3.63, 3.8) is 0 Å². The van der Waals surface area contributed by atoms with E-state index < -0.39 is 11.9 Å². The first-order valence-corrected chi connectivity index (χ1v) is 8.65. The Hall–Kier alpha value is -2.95. The third-order valence-corrected chi connectivity index (χ3v) is 4.31. The number of benzene rings is 2. The van der Waals surface area contributed by atoms with Gasteiger partial charge in [0.15, 0.2) is 0 Å². The molecule has 2 amide bonds. The number of carbonyl (C=O) groups is 3. The van der Waals surface area contributed by atoms with Gasteiger partial charge in [0.25, 0.3) is 11.8 Å². The molecule has 5 heteroatoms. The minimum absolute atomic E-state index is 0.231. The molecular weight excluding hydrogens is 330 g/mol. The number of anilines is 1. The number of imide groups is 1. The van der Waals surface area contributed by atoms with Gasteiger partial charge in [0, 0.05) is 0 Å². The lowest BCUT2D eigenvalue weighted by Crippen LogP contribution is -2.29. The number of hydrogen-bond acceptors (Lipinski definition) is 4. The number of amides is 2. The lowest BCUT2D eigenvalue weighted by molar-refractivity contribution is 0.0488. The number of hydrogen-bond donors (Lipinski definition) is 0. The zero-order valence-corrected chi connectivity index (χ0v) is 15.1. The van der Waals surface area contributed by atoms with E-state index in [0.717, 1.165) is 16.9 Å². The number of fused-ring (bicyclic) bond motifs is 1. The summed E-state index contributed by atoms with van der Waals surface area (Å²) in [6.45, 7) is 6.32. The molecule has 0 fully saturated rings. The van der Waals surface area contributed by atoms with Gasteiger partial charge in [0.2, 0.25) is 0 Å². The second kappa shape index (κ2) is 7.12. The van der Waals surface area contributed by atoms with Gasteiger partial charge in [-0.25, -0.2) is 9.69 Å². The van der Waals surface area contributed by atoms with E-state index >= 15 is 0 Å². The van der Waals surface area contributed by atoms with Crippen LogP contribution in [-0.2, 0) is 4.74 Å². The van der Waals surface area contributed by atoms with Crippen LogP contribution < -0.4 is 4.90 Å². The summed E-state index contributed by atoms with van der Waals surface area (Å²) in [6, 6.07) is 11.7. The molecule has 1 aliphatic heterocycles. The number of ether oxygens (including phenoxy) is 1. The van der Waals surface area contributed by atoms with Crippen molar-refractivity contribution in [3.8, 4) is 0 Å². The fourth-order valence-electron chi connectivity index (χ4n) is 2.84. The molecule has 0 aliphatic carbocycles. The van der Waals surface area contributed by atoms with Crippen LogP contribution in [0.3, 0.4) is 0 Å². The van der Waals surface area contributed by atoms with Gasteiger partial charge in [0.05, 0.1) is 29.0 Å². The normalized spacial score (nSPS) is 13.3. The molecular formula is C21H21NO4. The summed E-state index contributed by atoms with van der Waals surface area (Å²) in [7, 11) is 0. The average Bonchev–Trinajstić information content (AvgIpc) is 2.85. The molecule has 5 nitrogen and oxygen atoms in total. The van der Waals surface area contributed by atoms with Gasteiger partial charge in [-0.2, -0.15) is 0 Å². The molecule has 0 unspecified atom stereocenters. The highest BCUT2D eigenvalue weighted by molar-refractivity contribution is 6.34. The summed E-state index contributed by atoms with van der Waals surface area (Å²) >= 11 is 0. The van der Waals surface area contributed by atoms with Crippen LogP contribution in [0.2, 0.25) is 0 Å². The quantitative estimate of drug-likeness (QED) is 0.603. The highest BCUT2D eigenvalue weighted by Crippen LogP contribution is 2.29. The minimum Gasteiger partial charge on any atom is -0.462 e. The largest absolute Gasteiger partial charge is 0.462 e. The molecule has 1 heterocycles. The molecule has 134 valence electrons. The first kappa shape index (κ1) is 17.9. The Bertz CT molecular complexity index is 885. The summed E-state index contributed by atoms with van der Waals surface area (Å²) in [5.41, 5.74) is 2.29. The van der Waals surface area contributed by atoms with E-state index in [2.05, 4.69) is 0 Å². The Labute approximate surface area is 152 Å². The van der Waals surface area contributed by atoms with Crippen molar-refractivity contribution in [2.75, 3.05) is 11.5 Å². The van der Waals surface area contributed by atoms with Gasteiger partial charge >= 0.3 is 5.97 Å². The zero-order chi connectivity index (χ0) is 18.8. The maximum atomic E-state index is 12.8. The molecule has 2 aromatic carbocycles. The first-order chi connectivity index (χ1) is 12.4. The van der Waals surface area contributed by atoms with Crippen molar-refractivity contribution in [2.45, 2.75) is 27.2 Å². The first-order valence-electron chi connectivity index (χ1n) is 8.65. The molecule has 0 bridgehead atoms. The van der Waals surface area contributed by atoms with E-state index in [9.17, 15) is 14.4 Å². The van der Waals surface area contributed by atoms with Crippen LogP contribution in [0.1, 0.15) is 56.9 Å². The topological polar surface area (TPSA) is 63.7 Å². The standard InChI is InChI=1S/C21H21NO4/c1-13(2)9-10-26-21(25)15-7-8-17-18(12-15)20(24)22(19(17)23)16-6-4-5-14(3)11-16/h4-8,11-13H,9-10H2,1-3H3. The molecule has 0 radical (unpaired) electrons. The summed E-state index contributed by atoms with van der Waals surface area (Å²) in [6.07, 6.45) is 0.773. The SMILES string of the molecule is Cc1cccc(N2C(=O)c3ccc(C(=O)OCCC(C)C)cc3C2=O)c1. The molecule has 0 aromatic heterocycles. The predicted octanol–water partition coefficient (Wildman–Crippen LogP) is 4.00. The number of esters is 1. The average molecular weight is 351 g/mol. The van der Waals surface area contributed by atoms with Gasteiger partial charge in [-0.15, -0.1) is 0 Å². The Morgan fingerprint density at radius 1 is 1.04 bits per heavy atom. The van der Waals surface area contributed by atoms with Crippen LogP contribution in [-0.4, -0.2) is 24.4 Å². The number of carbonyl (C=O) groups excluding carboxylic acids is 3. The van der Waals surface area contributed by atoms with Gasteiger partial charge in [-0.05, 0) is 55.2 Å². The molecule has 0 saturated carbocycles. The van der Waals surface area contributed by atoms with Gasteiger partial charge in [0.1, 0.15) is 0 Å². The van der Waals surface area contributed by atoms with Crippen molar-refractivity contribution in [1.82, 2.24) is 0 Å². The number of aryl methyl sites for hydroxylation is 1. The van der Waals surface area contributed by atoms with E-state index in [1.165, 1.54) is 18.2 Å². The molecule has 1 aliphatic rings. The maximum Gasteiger partial charge on any atom is 0.338 e. The summed E-state index contributed by atoms with van der Waals surface area (Å²) < 4.78 is 5.24. The number of nitrogens with zero attached hydrogens (tertiary/aromatic N) is 1. The van der Waals surface area contributed by atoms with Crippen LogP contribution >= 0.6 is 0 Å². The molecule has 2 aromatic rings. The van der Waals surface area contributed by atoms with Crippen LogP contribution in [0.15, 0.2) is 42.5 Å². The van der Waals surface area contributed by atoms with Crippen molar-refractivity contribution in [2.24, 2.45) is 5.92 Å². The summed E-state index contributed by atoms with van der Waals surface area (Å²) in [4.78, 5) is 38.7. The van der Waals surface area contributed by atoms with Gasteiger partial charge < -0.3 is 4.74 Å². The van der Waals surface area contributed by atoms with E-state index in [1.807, 2.05) is 26.8 Å². The number of rotatable bonds is 5. The predicted molar refractivity (Wildman–Crippen MR) is 98.5 cm³/mol. The Morgan fingerprint density at radius 2 is 1.77 bits per heavy atom. The fourth-order valence-corrected chi connectivity index (χ4v) is 2.84. The van der Waals surface area contributed by atoms with Crippen molar-refractivity contribution in [1.29, 1.82) is 0 Å². The summed E-state index contributed by atoms with van der Waals surface area (Å²) in [5, 5.41) is 0. The van der Waals surface area contributed by atoms with Crippen LogP contribution in [0.5, 0.6) is 0 Å². The molecule has 0 N–H and O–H groups in total. The Balaban J connectivity index is 1.85.